The zero-order valence-electron chi connectivity index (χ0n) is 11.4. The maximum Gasteiger partial charge on any atom is 0.195 e. The number of anilines is 1. The summed E-state index contributed by atoms with van der Waals surface area (Å²) < 4.78 is 10.4. The van der Waals surface area contributed by atoms with Crippen molar-refractivity contribution in [2.75, 3.05) is 32.6 Å². The molecule has 2 N–H and O–H groups in total. The highest BCUT2D eigenvalue weighted by Crippen LogP contribution is 2.29. The van der Waals surface area contributed by atoms with E-state index in [9.17, 15) is 0 Å². The van der Waals surface area contributed by atoms with Gasteiger partial charge in [-0.05, 0) is 26.0 Å². The van der Waals surface area contributed by atoms with Gasteiger partial charge in [-0.3, -0.25) is 4.99 Å². The zero-order chi connectivity index (χ0) is 13.4. The average Bonchev–Trinajstić information content (AvgIpc) is 2.39. The molecule has 1 aromatic carbocycles. The van der Waals surface area contributed by atoms with Crippen molar-refractivity contribution in [2.45, 2.75) is 13.8 Å². The van der Waals surface area contributed by atoms with Gasteiger partial charge >= 0.3 is 0 Å². The maximum atomic E-state index is 5.25. The summed E-state index contributed by atoms with van der Waals surface area (Å²) in [7, 11) is 3.24. The van der Waals surface area contributed by atoms with Gasteiger partial charge in [-0.1, -0.05) is 0 Å². The van der Waals surface area contributed by atoms with E-state index >= 15 is 0 Å². The third kappa shape index (κ3) is 3.84. The fourth-order valence-electron chi connectivity index (χ4n) is 1.52. The lowest BCUT2D eigenvalue weighted by molar-refractivity contribution is 0.355. The number of aliphatic imine (C=N–C) groups is 1. The lowest BCUT2D eigenvalue weighted by atomic mass is 10.3. The van der Waals surface area contributed by atoms with Crippen LogP contribution in [-0.4, -0.2) is 33.3 Å². The van der Waals surface area contributed by atoms with E-state index in [0.29, 0.717) is 11.5 Å². The number of rotatable bonds is 5. The Morgan fingerprint density at radius 2 is 1.89 bits per heavy atom. The molecular weight excluding hydrogens is 230 g/mol. The van der Waals surface area contributed by atoms with Crippen molar-refractivity contribution >= 4 is 11.6 Å². The Labute approximate surface area is 108 Å². The SMILES string of the molecule is CCN=C(NCC)Nc1ccc(OC)c(OC)c1. The Morgan fingerprint density at radius 1 is 1.17 bits per heavy atom. The quantitative estimate of drug-likeness (QED) is 0.621. The van der Waals surface area contributed by atoms with Gasteiger partial charge in [-0.2, -0.15) is 0 Å². The molecule has 5 nitrogen and oxygen atoms in total. The van der Waals surface area contributed by atoms with Crippen molar-refractivity contribution in [1.29, 1.82) is 0 Å². The molecule has 0 aliphatic carbocycles. The summed E-state index contributed by atoms with van der Waals surface area (Å²) in [6.07, 6.45) is 0. The summed E-state index contributed by atoms with van der Waals surface area (Å²) in [6, 6.07) is 5.65. The second-order valence-electron chi connectivity index (χ2n) is 3.55. The van der Waals surface area contributed by atoms with Crippen LogP contribution in [0.1, 0.15) is 13.8 Å². The Kier molecular flexibility index (Phi) is 5.84. The third-order valence-corrected chi connectivity index (χ3v) is 2.31. The third-order valence-electron chi connectivity index (χ3n) is 2.31. The second-order valence-corrected chi connectivity index (χ2v) is 3.55. The molecular formula is C13H21N3O2. The summed E-state index contributed by atoms with van der Waals surface area (Å²) >= 11 is 0. The minimum absolute atomic E-state index is 0.690. The first-order chi connectivity index (χ1) is 8.74. The van der Waals surface area contributed by atoms with Crippen LogP contribution in [0.2, 0.25) is 0 Å². The lowest BCUT2D eigenvalue weighted by Crippen LogP contribution is -2.30. The average molecular weight is 251 g/mol. The van der Waals surface area contributed by atoms with Gasteiger partial charge in [-0.15, -0.1) is 0 Å². The molecule has 0 unspecified atom stereocenters. The molecule has 18 heavy (non-hydrogen) atoms. The number of benzene rings is 1. The van der Waals surface area contributed by atoms with Crippen LogP contribution in [0.15, 0.2) is 23.2 Å². The zero-order valence-corrected chi connectivity index (χ0v) is 11.4. The number of ether oxygens (including phenoxy) is 2. The molecule has 0 bridgehead atoms. The highest BCUT2D eigenvalue weighted by molar-refractivity contribution is 5.93. The van der Waals surface area contributed by atoms with E-state index < -0.39 is 0 Å². The van der Waals surface area contributed by atoms with Gasteiger partial charge in [0, 0.05) is 24.8 Å². The van der Waals surface area contributed by atoms with E-state index in [1.165, 1.54) is 0 Å². The van der Waals surface area contributed by atoms with Crippen LogP contribution in [0, 0.1) is 0 Å². The number of nitrogens with one attached hydrogen (secondary N) is 2. The summed E-state index contributed by atoms with van der Waals surface area (Å²) in [5, 5.41) is 6.38. The molecule has 0 radical (unpaired) electrons. The number of hydrogen-bond donors (Lipinski definition) is 2. The van der Waals surface area contributed by atoms with Gasteiger partial charge in [-0.25, -0.2) is 0 Å². The maximum absolute atomic E-state index is 5.25. The van der Waals surface area contributed by atoms with Crippen molar-refractivity contribution in [1.82, 2.24) is 5.32 Å². The Hall–Kier alpha value is -1.91. The first-order valence-corrected chi connectivity index (χ1v) is 6.02. The molecule has 0 aromatic heterocycles. The normalized spacial score (nSPS) is 11.0. The highest BCUT2D eigenvalue weighted by Gasteiger charge is 2.05. The Morgan fingerprint density at radius 3 is 2.44 bits per heavy atom. The van der Waals surface area contributed by atoms with E-state index in [0.717, 1.165) is 24.7 Å². The molecule has 0 spiro atoms. The molecule has 0 aliphatic heterocycles. The summed E-state index contributed by atoms with van der Waals surface area (Å²) in [4.78, 5) is 4.33. The van der Waals surface area contributed by atoms with Crippen LogP contribution in [-0.2, 0) is 0 Å². The van der Waals surface area contributed by atoms with Crippen molar-refractivity contribution in [3.05, 3.63) is 18.2 Å². The van der Waals surface area contributed by atoms with E-state index in [1.807, 2.05) is 32.0 Å². The summed E-state index contributed by atoms with van der Waals surface area (Å²) in [6.45, 7) is 5.57. The number of guanidine groups is 1. The highest BCUT2D eigenvalue weighted by atomic mass is 16.5. The molecule has 0 fully saturated rings. The van der Waals surface area contributed by atoms with Crippen LogP contribution in [0.4, 0.5) is 5.69 Å². The minimum Gasteiger partial charge on any atom is -0.493 e. The van der Waals surface area contributed by atoms with Crippen LogP contribution < -0.4 is 20.1 Å². The smallest absolute Gasteiger partial charge is 0.195 e. The van der Waals surface area contributed by atoms with Crippen molar-refractivity contribution in [3.63, 3.8) is 0 Å². The number of nitrogens with zero attached hydrogens (tertiary/aromatic N) is 1. The van der Waals surface area contributed by atoms with Crippen LogP contribution >= 0.6 is 0 Å². The fourth-order valence-corrected chi connectivity index (χ4v) is 1.52. The van der Waals surface area contributed by atoms with E-state index in [2.05, 4.69) is 15.6 Å². The van der Waals surface area contributed by atoms with Crippen molar-refractivity contribution in [2.24, 2.45) is 4.99 Å². The van der Waals surface area contributed by atoms with Gasteiger partial charge in [0.2, 0.25) is 0 Å². The molecule has 0 amide bonds. The predicted octanol–water partition coefficient (Wildman–Crippen LogP) is 2.10. The van der Waals surface area contributed by atoms with Crippen LogP contribution in [0.25, 0.3) is 0 Å². The Balaban J connectivity index is 2.86. The largest absolute Gasteiger partial charge is 0.493 e. The van der Waals surface area contributed by atoms with Gasteiger partial charge in [0.25, 0.3) is 0 Å². The summed E-state index contributed by atoms with van der Waals surface area (Å²) in [5.41, 5.74) is 0.904. The first-order valence-electron chi connectivity index (χ1n) is 6.02. The Bertz CT molecular complexity index is 405. The lowest BCUT2D eigenvalue weighted by Gasteiger charge is -2.13. The molecule has 0 saturated heterocycles. The van der Waals surface area contributed by atoms with Gasteiger partial charge in [0.15, 0.2) is 17.5 Å². The second kappa shape index (κ2) is 7.42. The van der Waals surface area contributed by atoms with Gasteiger partial charge in [0.1, 0.15) is 0 Å². The first kappa shape index (κ1) is 14.2. The van der Waals surface area contributed by atoms with Gasteiger partial charge < -0.3 is 20.1 Å². The number of hydrogen-bond acceptors (Lipinski definition) is 3. The molecule has 0 aliphatic rings. The van der Waals surface area contributed by atoms with Crippen molar-refractivity contribution < 1.29 is 9.47 Å². The fraction of sp³-hybridized carbons (Fsp3) is 0.462. The van der Waals surface area contributed by atoms with Crippen molar-refractivity contribution in [3.8, 4) is 11.5 Å². The molecule has 1 rings (SSSR count). The standard InChI is InChI=1S/C13H21N3O2/c1-5-14-13(15-6-2)16-10-7-8-11(17-3)12(9-10)18-4/h7-9H,5-6H2,1-4H3,(H2,14,15,16). The van der Waals surface area contributed by atoms with Crippen LogP contribution in [0.5, 0.6) is 11.5 Å². The van der Waals surface area contributed by atoms with Crippen LogP contribution in [0.3, 0.4) is 0 Å². The topological polar surface area (TPSA) is 54.9 Å². The molecule has 0 atom stereocenters. The minimum atomic E-state index is 0.690. The van der Waals surface area contributed by atoms with Gasteiger partial charge in [0.05, 0.1) is 14.2 Å². The monoisotopic (exact) mass is 251 g/mol. The molecule has 0 saturated carbocycles. The molecule has 1 aromatic rings. The number of methoxy groups -OCH3 is 2. The van der Waals surface area contributed by atoms with E-state index in [4.69, 9.17) is 9.47 Å². The molecule has 5 heteroatoms. The summed E-state index contributed by atoms with van der Waals surface area (Å²) in [5.74, 6) is 2.16. The van der Waals surface area contributed by atoms with E-state index in [-0.39, 0.29) is 0 Å². The molecule has 0 heterocycles. The molecule has 100 valence electrons. The van der Waals surface area contributed by atoms with E-state index in [1.54, 1.807) is 14.2 Å². The predicted molar refractivity (Wildman–Crippen MR) is 74.8 cm³/mol.